The van der Waals surface area contributed by atoms with Crippen molar-refractivity contribution in [1.29, 1.82) is 0 Å². The smallest absolute Gasteiger partial charge is 0.0679 e. The van der Waals surface area contributed by atoms with Gasteiger partial charge in [-0.05, 0) is 62.7 Å². The van der Waals surface area contributed by atoms with Crippen molar-refractivity contribution in [3.05, 3.63) is 0 Å². The third-order valence-corrected chi connectivity index (χ3v) is 6.88. The minimum absolute atomic E-state index is 0.241. The summed E-state index contributed by atoms with van der Waals surface area (Å²) < 4.78 is 5.98. The SMILES string of the molecule is CCCCC1CCC(C2CCC(CCCC)(OC)CC2)CC1. The fourth-order valence-electron chi connectivity index (χ4n) is 5.13. The zero-order chi connectivity index (χ0) is 15.8. The van der Waals surface area contributed by atoms with E-state index in [2.05, 4.69) is 13.8 Å². The van der Waals surface area contributed by atoms with Gasteiger partial charge in [0.05, 0.1) is 5.60 Å². The van der Waals surface area contributed by atoms with E-state index in [9.17, 15) is 0 Å². The zero-order valence-corrected chi connectivity index (χ0v) is 15.5. The van der Waals surface area contributed by atoms with Gasteiger partial charge in [-0.3, -0.25) is 0 Å². The molecule has 22 heavy (non-hydrogen) atoms. The van der Waals surface area contributed by atoms with Crippen LogP contribution in [-0.4, -0.2) is 12.7 Å². The van der Waals surface area contributed by atoms with E-state index >= 15 is 0 Å². The van der Waals surface area contributed by atoms with Crippen LogP contribution in [0.25, 0.3) is 0 Å². The predicted octanol–water partition coefficient (Wildman–Crippen LogP) is 6.75. The molecule has 0 saturated heterocycles. The first-order valence-electron chi connectivity index (χ1n) is 10.3. The van der Waals surface area contributed by atoms with Gasteiger partial charge in [0.2, 0.25) is 0 Å². The van der Waals surface area contributed by atoms with Gasteiger partial charge in [-0.15, -0.1) is 0 Å². The molecule has 0 aromatic rings. The van der Waals surface area contributed by atoms with Gasteiger partial charge in [0, 0.05) is 7.11 Å². The standard InChI is InChI=1S/C21H40O/c1-4-6-8-18-9-11-19(12-10-18)20-13-16-21(22-3,17-14-20)15-7-5-2/h18-20H,4-17H2,1-3H3. The molecule has 1 heteroatoms. The molecule has 2 saturated carbocycles. The molecule has 0 heterocycles. The second-order valence-electron chi connectivity index (χ2n) is 8.25. The molecule has 130 valence electrons. The van der Waals surface area contributed by atoms with Crippen molar-refractivity contribution in [3.8, 4) is 0 Å². The van der Waals surface area contributed by atoms with Crippen LogP contribution in [0.4, 0.5) is 0 Å². The van der Waals surface area contributed by atoms with Gasteiger partial charge >= 0.3 is 0 Å². The lowest BCUT2D eigenvalue weighted by Crippen LogP contribution is -2.38. The largest absolute Gasteiger partial charge is 0.378 e. The number of ether oxygens (including phenoxy) is 1. The van der Waals surface area contributed by atoms with Crippen molar-refractivity contribution in [1.82, 2.24) is 0 Å². The summed E-state index contributed by atoms with van der Waals surface area (Å²) in [5.74, 6) is 3.11. The summed E-state index contributed by atoms with van der Waals surface area (Å²) in [4.78, 5) is 0. The highest BCUT2D eigenvalue weighted by Crippen LogP contribution is 2.45. The van der Waals surface area contributed by atoms with E-state index in [0.717, 1.165) is 17.8 Å². The van der Waals surface area contributed by atoms with E-state index in [1.807, 2.05) is 7.11 Å². The summed E-state index contributed by atoms with van der Waals surface area (Å²) >= 11 is 0. The molecule has 2 fully saturated rings. The minimum atomic E-state index is 0.241. The van der Waals surface area contributed by atoms with E-state index in [-0.39, 0.29) is 5.60 Å². The van der Waals surface area contributed by atoms with Crippen LogP contribution in [-0.2, 0) is 4.74 Å². The Labute approximate surface area is 139 Å². The van der Waals surface area contributed by atoms with E-state index in [1.54, 1.807) is 0 Å². The van der Waals surface area contributed by atoms with Gasteiger partial charge < -0.3 is 4.74 Å². The number of methoxy groups -OCH3 is 1. The van der Waals surface area contributed by atoms with Gasteiger partial charge in [0.1, 0.15) is 0 Å². The molecule has 0 radical (unpaired) electrons. The second-order valence-corrected chi connectivity index (χ2v) is 8.25. The molecule has 1 nitrogen and oxygen atoms in total. The maximum absolute atomic E-state index is 5.98. The van der Waals surface area contributed by atoms with Crippen molar-refractivity contribution in [3.63, 3.8) is 0 Å². The van der Waals surface area contributed by atoms with Crippen LogP contribution >= 0.6 is 0 Å². The maximum atomic E-state index is 5.98. The molecule has 0 N–H and O–H groups in total. The van der Waals surface area contributed by atoms with Crippen LogP contribution in [0, 0.1) is 17.8 Å². The van der Waals surface area contributed by atoms with E-state index in [1.165, 1.54) is 89.9 Å². The Morgan fingerprint density at radius 1 is 0.818 bits per heavy atom. The fraction of sp³-hybridized carbons (Fsp3) is 1.00. The lowest BCUT2D eigenvalue weighted by atomic mass is 9.67. The first-order chi connectivity index (χ1) is 10.7. The molecule has 0 spiro atoms. The van der Waals surface area contributed by atoms with Gasteiger partial charge in [-0.25, -0.2) is 0 Å². The fourth-order valence-corrected chi connectivity index (χ4v) is 5.13. The zero-order valence-electron chi connectivity index (χ0n) is 15.5. The Kier molecular flexibility index (Phi) is 7.74. The summed E-state index contributed by atoms with van der Waals surface area (Å²) in [7, 11) is 1.95. The average molecular weight is 309 g/mol. The predicted molar refractivity (Wildman–Crippen MR) is 96.2 cm³/mol. The van der Waals surface area contributed by atoms with Crippen LogP contribution < -0.4 is 0 Å². The molecule has 0 amide bonds. The van der Waals surface area contributed by atoms with E-state index < -0.39 is 0 Å². The molecular weight excluding hydrogens is 268 g/mol. The Morgan fingerprint density at radius 2 is 1.41 bits per heavy atom. The van der Waals surface area contributed by atoms with Crippen LogP contribution in [0.1, 0.15) is 104 Å². The van der Waals surface area contributed by atoms with Gasteiger partial charge in [0.25, 0.3) is 0 Å². The summed E-state index contributed by atoms with van der Waals surface area (Å²) in [5, 5.41) is 0. The number of hydrogen-bond donors (Lipinski definition) is 0. The quantitative estimate of drug-likeness (QED) is 0.482. The van der Waals surface area contributed by atoms with Crippen LogP contribution in [0.2, 0.25) is 0 Å². The molecule has 0 atom stereocenters. The molecule has 0 unspecified atom stereocenters. The van der Waals surface area contributed by atoms with E-state index in [4.69, 9.17) is 4.74 Å². The van der Waals surface area contributed by atoms with E-state index in [0.29, 0.717) is 0 Å². The molecule has 0 aromatic heterocycles. The Bertz CT molecular complexity index is 282. The number of unbranched alkanes of at least 4 members (excludes halogenated alkanes) is 2. The van der Waals surface area contributed by atoms with Crippen molar-refractivity contribution in [2.75, 3.05) is 7.11 Å². The van der Waals surface area contributed by atoms with Crippen molar-refractivity contribution in [2.24, 2.45) is 17.8 Å². The van der Waals surface area contributed by atoms with Gasteiger partial charge in [-0.2, -0.15) is 0 Å². The molecule has 0 aliphatic heterocycles. The third kappa shape index (κ3) is 4.98. The first-order valence-corrected chi connectivity index (χ1v) is 10.3. The highest BCUT2D eigenvalue weighted by Gasteiger charge is 2.37. The molecule has 2 aliphatic carbocycles. The Morgan fingerprint density at radius 3 is 1.95 bits per heavy atom. The van der Waals surface area contributed by atoms with Crippen LogP contribution in [0.15, 0.2) is 0 Å². The molecular formula is C21H40O. The molecule has 0 aromatic carbocycles. The highest BCUT2D eigenvalue weighted by molar-refractivity contribution is 4.90. The minimum Gasteiger partial charge on any atom is -0.378 e. The van der Waals surface area contributed by atoms with Crippen molar-refractivity contribution in [2.45, 2.75) is 109 Å². The lowest BCUT2D eigenvalue weighted by molar-refractivity contribution is -0.0637. The monoisotopic (exact) mass is 308 g/mol. The van der Waals surface area contributed by atoms with Gasteiger partial charge in [0.15, 0.2) is 0 Å². The Hall–Kier alpha value is -0.0400. The second kappa shape index (κ2) is 9.30. The Balaban J connectivity index is 1.73. The summed E-state index contributed by atoms with van der Waals surface area (Å²) in [5.41, 5.74) is 0.241. The maximum Gasteiger partial charge on any atom is 0.0679 e. The summed E-state index contributed by atoms with van der Waals surface area (Å²) in [6, 6.07) is 0. The van der Waals surface area contributed by atoms with Crippen molar-refractivity contribution >= 4 is 0 Å². The average Bonchev–Trinajstić information content (AvgIpc) is 2.59. The molecule has 2 aliphatic rings. The summed E-state index contributed by atoms with van der Waals surface area (Å²) in [6.45, 7) is 4.63. The molecule has 0 bridgehead atoms. The number of hydrogen-bond acceptors (Lipinski definition) is 1. The third-order valence-electron chi connectivity index (χ3n) is 6.88. The topological polar surface area (TPSA) is 9.23 Å². The first kappa shape index (κ1) is 18.3. The van der Waals surface area contributed by atoms with Crippen molar-refractivity contribution < 1.29 is 4.74 Å². The number of rotatable bonds is 8. The van der Waals surface area contributed by atoms with Crippen LogP contribution in [0.5, 0.6) is 0 Å². The summed E-state index contributed by atoms with van der Waals surface area (Å²) in [6.07, 6.45) is 19.8. The lowest BCUT2D eigenvalue weighted by Gasteiger charge is -2.43. The van der Waals surface area contributed by atoms with Crippen LogP contribution in [0.3, 0.4) is 0 Å². The molecule has 2 rings (SSSR count). The normalized spacial score (nSPS) is 36.4. The highest BCUT2D eigenvalue weighted by atomic mass is 16.5. The van der Waals surface area contributed by atoms with Gasteiger partial charge in [-0.1, -0.05) is 58.8 Å².